The Labute approximate surface area is 131 Å². The molecule has 2 atom stereocenters. The van der Waals surface area contributed by atoms with Gasteiger partial charge in [0.2, 0.25) is 0 Å². The van der Waals surface area contributed by atoms with Crippen LogP contribution < -0.4 is 0 Å². The van der Waals surface area contributed by atoms with Crippen LogP contribution in [0.15, 0.2) is 0 Å². The molecule has 0 aromatic rings. The quantitative estimate of drug-likeness (QED) is 0.743. The van der Waals surface area contributed by atoms with E-state index in [-0.39, 0.29) is 12.2 Å². The van der Waals surface area contributed by atoms with Crippen molar-refractivity contribution in [1.82, 2.24) is 0 Å². The van der Waals surface area contributed by atoms with Crippen molar-refractivity contribution in [2.45, 2.75) is 61.9 Å². The van der Waals surface area contributed by atoms with Crippen molar-refractivity contribution in [2.75, 3.05) is 26.4 Å². The topological polar surface area (TPSA) is 36.9 Å². The summed E-state index contributed by atoms with van der Waals surface area (Å²) >= 11 is 12.7. The van der Waals surface area contributed by atoms with E-state index in [1.807, 2.05) is 0 Å². The molecule has 2 aliphatic rings. The third-order valence-corrected chi connectivity index (χ3v) is 4.23. The molecule has 0 saturated carbocycles. The van der Waals surface area contributed by atoms with Crippen LogP contribution in [0, 0.1) is 0 Å². The van der Waals surface area contributed by atoms with Crippen LogP contribution in [0.25, 0.3) is 0 Å². The number of rotatable bonds is 4. The predicted octanol–water partition coefficient (Wildman–Crippen LogP) is 3.29. The van der Waals surface area contributed by atoms with Crippen molar-refractivity contribution in [3.05, 3.63) is 0 Å². The molecule has 0 aromatic carbocycles. The molecule has 0 spiro atoms. The molecule has 0 N–H and O–H groups in total. The van der Waals surface area contributed by atoms with Gasteiger partial charge in [-0.3, -0.25) is 0 Å². The summed E-state index contributed by atoms with van der Waals surface area (Å²) in [5, 5.41) is 0. The SMILES string of the molecule is CCCC(Cl)(Cl)CC1OC2CCOCC(CCOC2)O1. The lowest BCUT2D eigenvalue weighted by Gasteiger charge is -2.29. The number of ether oxygens (including phenoxy) is 4. The molecule has 0 aromatic heterocycles. The predicted molar refractivity (Wildman–Crippen MR) is 78.4 cm³/mol. The zero-order valence-corrected chi connectivity index (χ0v) is 13.5. The average Bonchev–Trinajstić information content (AvgIpc) is 2.51. The summed E-state index contributed by atoms with van der Waals surface area (Å²) in [6.45, 7) is 4.54. The third-order valence-electron chi connectivity index (χ3n) is 3.55. The van der Waals surface area contributed by atoms with E-state index in [9.17, 15) is 0 Å². The minimum atomic E-state index is -0.807. The fraction of sp³-hybridized carbons (Fsp3) is 1.00. The number of fused-ring (bicyclic) bond motifs is 4. The summed E-state index contributed by atoms with van der Waals surface area (Å²) in [7, 11) is 0. The highest BCUT2D eigenvalue weighted by Crippen LogP contribution is 2.34. The monoisotopic (exact) mass is 326 g/mol. The largest absolute Gasteiger partial charge is 0.379 e. The van der Waals surface area contributed by atoms with Gasteiger partial charge < -0.3 is 18.9 Å². The van der Waals surface area contributed by atoms with E-state index in [1.54, 1.807) is 0 Å². The highest BCUT2D eigenvalue weighted by Gasteiger charge is 2.33. The van der Waals surface area contributed by atoms with E-state index >= 15 is 0 Å². The lowest BCUT2D eigenvalue weighted by Crippen LogP contribution is -2.34. The van der Waals surface area contributed by atoms with Crippen LogP contribution in [-0.4, -0.2) is 49.3 Å². The fourth-order valence-corrected chi connectivity index (χ4v) is 3.14. The van der Waals surface area contributed by atoms with Gasteiger partial charge in [-0.25, -0.2) is 0 Å². The van der Waals surface area contributed by atoms with Crippen LogP contribution in [-0.2, 0) is 18.9 Å². The molecule has 2 rings (SSSR count). The second kappa shape index (κ2) is 8.16. The smallest absolute Gasteiger partial charge is 0.161 e. The summed E-state index contributed by atoms with van der Waals surface area (Å²) in [5.74, 6) is 0. The zero-order chi connectivity index (χ0) is 14.4. The molecule has 6 heteroatoms. The number of hydrogen-bond donors (Lipinski definition) is 0. The molecule has 2 saturated heterocycles. The molecule has 2 aliphatic heterocycles. The average molecular weight is 327 g/mol. The van der Waals surface area contributed by atoms with E-state index in [2.05, 4.69) is 6.92 Å². The van der Waals surface area contributed by atoms with E-state index in [0.29, 0.717) is 32.8 Å². The first-order valence-electron chi connectivity index (χ1n) is 7.43. The Kier molecular flexibility index (Phi) is 6.85. The molecule has 2 fully saturated rings. The molecule has 0 amide bonds. The van der Waals surface area contributed by atoms with Crippen molar-refractivity contribution in [1.29, 1.82) is 0 Å². The molecule has 0 radical (unpaired) electrons. The van der Waals surface area contributed by atoms with Crippen LogP contribution in [0.4, 0.5) is 0 Å². The van der Waals surface area contributed by atoms with Crippen LogP contribution >= 0.6 is 23.2 Å². The van der Waals surface area contributed by atoms with Crippen molar-refractivity contribution in [2.24, 2.45) is 0 Å². The maximum atomic E-state index is 6.34. The number of alkyl halides is 2. The van der Waals surface area contributed by atoms with E-state index < -0.39 is 10.6 Å². The highest BCUT2D eigenvalue weighted by molar-refractivity contribution is 6.48. The molecule has 2 heterocycles. The second-order valence-corrected chi connectivity index (χ2v) is 7.12. The standard InChI is InChI=1S/C14H24Cl2O4/c1-2-5-14(15,16)8-13-19-11-3-6-17-10-12(20-13)4-7-18-9-11/h11-13H,2-10H2,1H3. The normalized spacial score (nSPS) is 32.9. The Hall–Kier alpha value is 0.420. The van der Waals surface area contributed by atoms with E-state index in [1.165, 1.54) is 0 Å². The highest BCUT2D eigenvalue weighted by atomic mass is 35.5. The van der Waals surface area contributed by atoms with Gasteiger partial charge in [-0.1, -0.05) is 13.3 Å². The lowest BCUT2D eigenvalue weighted by molar-refractivity contribution is -0.196. The molecule has 2 unspecified atom stereocenters. The van der Waals surface area contributed by atoms with Crippen LogP contribution in [0.3, 0.4) is 0 Å². The van der Waals surface area contributed by atoms with Gasteiger partial charge >= 0.3 is 0 Å². The minimum absolute atomic E-state index is 0.0254. The number of halogens is 2. The van der Waals surface area contributed by atoms with Crippen LogP contribution in [0.5, 0.6) is 0 Å². The Balaban J connectivity index is 2.02. The first-order chi connectivity index (χ1) is 9.59. The second-order valence-electron chi connectivity index (χ2n) is 5.48. The third kappa shape index (κ3) is 5.66. The lowest BCUT2D eigenvalue weighted by atomic mass is 10.1. The summed E-state index contributed by atoms with van der Waals surface area (Å²) in [4.78, 5) is 0. The maximum absolute atomic E-state index is 6.34. The molecule has 0 aliphatic carbocycles. The van der Waals surface area contributed by atoms with E-state index in [4.69, 9.17) is 42.1 Å². The summed E-state index contributed by atoms with van der Waals surface area (Å²) in [5.41, 5.74) is 0. The van der Waals surface area contributed by atoms with Gasteiger partial charge in [0.1, 0.15) is 4.33 Å². The van der Waals surface area contributed by atoms with Gasteiger partial charge in [0.15, 0.2) is 6.29 Å². The van der Waals surface area contributed by atoms with Crippen molar-refractivity contribution in [3.63, 3.8) is 0 Å². The zero-order valence-electron chi connectivity index (χ0n) is 12.0. The first-order valence-corrected chi connectivity index (χ1v) is 8.19. The Morgan fingerprint density at radius 2 is 1.55 bits per heavy atom. The van der Waals surface area contributed by atoms with Crippen molar-refractivity contribution < 1.29 is 18.9 Å². The Morgan fingerprint density at radius 1 is 1.00 bits per heavy atom. The van der Waals surface area contributed by atoms with Crippen molar-refractivity contribution in [3.8, 4) is 0 Å². The minimum Gasteiger partial charge on any atom is -0.379 e. The molecular formula is C14H24Cl2O4. The van der Waals surface area contributed by atoms with Crippen LogP contribution in [0.2, 0.25) is 0 Å². The van der Waals surface area contributed by atoms with Crippen molar-refractivity contribution >= 4 is 23.2 Å². The molecule has 118 valence electrons. The first kappa shape index (κ1) is 16.8. The Morgan fingerprint density at radius 3 is 2.05 bits per heavy atom. The number of hydrogen-bond acceptors (Lipinski definition) is 4. The van der Waals surface area contributed by atoms with Gasteiger partial charge in [-0.15, -0.1) is 23.2 Å². The molecule has 20 heavy (non-hydrogen) atoms. The van der Waals surface area contributed by atoms with Gasteiger partial charge in [0.05, 0.1) is 25.4 Å². The Bertz CT molecular complexity index is 258. The van der Waals surface area contributed by atoms with Crippen LogP contribution in [0.1, 0.15) is 39.0 Å². The molecule has 4 nitrogen and oxygen atoms in total. The summed E-state index contributed by atoms with van der Waals surface area (Å²) in [6, 6.07) is 0. The molecular weight excluding hydrogens is 303 g/mol. The molecule has 2 bridgehead atoms. The maximum Gasteiger partial charge on any atom is 0.161 e. The van der Waals surface area contributed by atoms with Gasteiger partial charge in [-0.05, 0) is 19.3 Å². The fourth-order valence-electron chi connectivity index (χ4n) is 2.51. The summed E-state index contributed by atoms with van der Waals surface area (Å²) < 4.78 is 22.5. The van der Waals surface area contributed by atoms with Gasteiger partial charge in [-0.2, -0.15) is 0 Å². The van der Waals surface area contributed by atoms with Gasteiger partial charge in [0, 0.05) is 19.6 Å². The van der Waals surface area contributed by atoms with Gasteiger partial charge in [0.25, 0.3) is 0 Å². The van der Waals surface area contributed by atoms with E-state index in [0.717, 1.165) is 25.7 Å². The summed E-state index contributed by atoms with van der Waals surface area (Å²) in [6.07, 6.45) is 3.29.